The number of rotatable bonds is 6. The molecule has 0 aliphatic heterocycles. The van der Waals surface area contributed by atoms with Crippen LogP contribution in [-0.2, 0) is 11.3 Å². The summed E-state index contributed by atoms with van der Waals surface area (Å²) in [7, 11) is 0. The van der Waals surface area contributed by atoms with Crippen LogP contribution in [0, 0.1) is 0 Å². The molecular weight excluding hydrogens is 337 g/mol. The van der Waals surface area contributed by atoms with Crippen LogP contribution in [-0.4, -0.2) is 25.8 Å². The minimum absolute atomic E-state index is 0.0576. The molecule has 0 fully saturated rings. The summed E-state index contributed by atoms with van der Waals surface area (Å²) in [5.41, 5.74) is 3.75. The fourth-order valence-corrected chi connectivity index (χ4v) is 3.22. The Morgan fingerprint density at radius 1 is 1.09 bits per heavy atom. The Morgan fingerprint density at radius 2 is 1.73 bits per heavy atom. The SMILES string of the molecule is C=C=CN(Cc1ccccc1)C(=O)/C=C/[Se]c1ccccc1. The summed E-state index contributed by atoms with van der Waals surface area (Å²) in [5.74, 6) is -0.0576. The van der Waals surface area contributed by atoms with Gasteiger partial charge in [-0.3, -0.25) is 0 Å². The van der Waals surface area contributed by atoms with E-state index in [4.69, 9.17) is 0 Å². The molecule has 0 N–H and O–H groups in total. The van der Waals surface area contributed by atoms with Crippen LogP contribution >= 0.6 is 0 Å². The Hall–Kier alpha value is -2.31. The number of nitrogens with zero attached hydrogens (tertiary/aromatic N) is 1. The first-order chi connectivity index (χ1) is 10.8. The quantitative estimate of drug-likeness (QED) is 0.444. The van der Waals surface area contributed by atoms with E-state index in [9.17, 15) is 4.79 Å². The number of hydrogen-bond donors (Lipinski definition) is 0. The number of benzene rings is 2. The van der Waals surface area contributed by atoms with Gasteiger partial charge in [-0.1, -0.05) is 0 Å². The molecule has 0 aromatic heterocycles. The third kappa shape index (κ3) is 5.23. The molecule has 0 aliphatic carbocycles. The van der Waals surface area contributed by atoms with Crippen LogP contribution < -0.4 is 4.46 Å². The summed E-state index contributed by atoms with van der Waals surface area (Å²) in [6.45, 7) is 4.08. The molecule has 0 saturated carbocycles. The van der Waals surface area contributed by atoms with E-state index in [1.165, 1.54) is 4.46 Å². The molecule has 1 amide bonds. The van der Waals surface area contributed by atoms with Crippen molar-refractivity contribution in [3.63, 3.8) is 0 Å². The molecule has 2 rings (SSSR count). The zero-order valence-corrected chi connectivity index (χ0v) is 13.9. The average Bonchev–Trinajstić information content (AvgIpc) is 2.56. The van der Waals surface area contributed by atoms with Gasteiger partial charge < -0.3 is 0 Å². The third-order valence-corrected chi connectivity index (χ3v) is 4.60. The van der Waals surface area contributed by atoms with Gasteiger partial charge >= 0.3 is 137 Å². The number of hydrogen-bond acceptors (Lipinski definition) is 1. The molecule has 110 valence electrons. The number of amides is 1. The second kappa shape index (κ2) is 8.86. The van der Waals surface area contributed by atoms with E-state index >= 15 is 0 Å². The minimum atomic E-state index is -0.0576. The summed E-state index contributed by atoms with van der Waals surface area (Å²) in [4.78, 5) is 15.8. The van der Waals surface area contributed by atoms with Gasteiger partial charge in [0.05, 0.1) is 0 Å². The van der Waals surface area contributed by atoms with Crippen LogP contribution in [0.2, 0.25) is 0 Å². The summed E-state index contributed by atoms with van der Waals surface area (Å²) < 4.78 is 1.24. The van der Waals surface area contributed by atoms with Gasteiger partial charge in [0.25, 0.3) is 0 Å². The van der Waals surface area contributed by atoms with E-state index in [1.54, 1.807) is 17.2 Å². The molecule has 0 heterocycles. The molecule has 0 unspecified atom stereocenters. The maximum atomic E-state index is 12.3. The van der Waals surface area contributed by atoms with E-state index in [2.05, 4.69) is 24.4 Å². The van der Waals surface area contributed by atoms with Gasteiger partial charge in [0.2, 0.25) is 0 Å². The average molecular weight is 354 g/mol. The van der Waals surface area contributed by atoms with Crippen LogP contribution in [0.25, 0.3) is 0 Å². The molecule has 0 spiro atoms. The van der Waals surface area contributed by atoms with E-state index in [0.717, 1.165) is 5.56 Å². The van der Waals surface area contributed by atoms with Crippen LogP contribution in [0.5, 0.6) is 0 Å². The maximum absolute atomic E-state index is 12.3. The Kier molecular flexibility index (Phi) is 6.47. The second-order valence-corrected chi connectivity index (χ2v) is 6.57. The summed E-state index contributed by atoms with van der Waals surface area (Å²) >= 11 is 0.160. The molecular formula is C19H17NOSe. The first-order valence-electron chi connectivity index (χ1n) is 6.88. The molecule has 0 atom stereocenters. The predicted molar refractivity (Wildman–Crippen MR) is 91.7 cm³/mol. The zero-order chi connectivity index (χ0) is 15.6. The zero-order valence-electron chi connectivity index (χ0n) is 12.2. The molecule has 0 radical (unpaired) electrons. The molecule has 3 heteroatoms. The standard InChI is InChI=1S/C19H17NOSe/c1-2-14-20(16-17-9-5-3-6-10-17)19(21)13-15-22-18-11-7-4-8-12-18/h3-15H,1,16H2/b15-13+. The summed E-state index contributed by atoms with van der Waals surface area (Å²) in [5, 5.41) is 0. The van der Waals surface area contributed by atoms with Crippen molar-refractivity contribution >= 4 is 25.3 Å². The van der Waals surface area contributed by atoms with Crippen molar-refractivity contribution in [1.29, 1.82) is 0 Å². The second-order valence-electron chi connectivity index (χ2n) is 4.52. The molecule has 2 aromatic rings. The molecule has 0 bridgehead atoms. The molecule has 22 heavy (non-hydrogen) atoms. The fourth-order valence-electron chi connectivity index (χ4n) is 1.84. The van der Waals surface area contributed by atoms with Crippen molar-refractivity contribution in [3.05, 3.63) is 95.8 Å². The Bertz CT molecular complexity index is 673. The van der Waals surface area contributed by atoms with Gasteiger partial charge in [0.1, 0.15) is 0 Å². The van der Waals surface area contributed by atoms with Gasteiger partial charge in [-0.25, -0.2) is 0 Å². The molecule has 0 saturated heterocycles. The normalized spacial score (nSPS) is 10.2. The van der Waals surface area contributed by atoms with E-state index < -0.39 is 0 Å². The number of carbonyl (C=O) groups excluding carboxylic acids is 1. The van der Waals surface area contributed by atoms with Crippen LogP contribution in [0.4, 0.5) is 0 Å². The van der Waals surface area contributed by atoms with Crippen molar-refractivity contribution in [3.8, 4) is 0 Å². The van der Waals surface area contributed by atoms with Crippen molar-refractivity contribution in [2.75, 3.05) is 0 Å². The van der Waals surface area contributed by atoms with E-state index in [0.29, 0.717) is 6.54 Å². The Labute approximate surface area is 137 Å². The van der Waals surface area contributed by atoms with Gasteiger partial charge in [-0.2, -0.15) is 0 Å². The fraction of sp³-hybridized carbons (Fsp3) is 0.0526. The topological polar surface area (TPSA) is 20.3 Å². The Balaban J connectivity index is 1.99. The first-order valence-corrected chi connectivity index (χ1v) is 8.73. The van der Waals surface area contributed by atoms with Gasteiger partial charge in [0, 0.05) is 0 Å². The first kappa shape index (κ1) is 16.1. The van der Waals surface area contributed by atoms with Crippen molar-refractivity contribution in [2.45, 2.75) is 6.54 Å². The molecule has 0 aliphatic rings. The van der Waals surface area contributed by atoms with Crippen LogP contribution in [0.15, 0.2) is 90.2 Å². The summed E-state index contributed by atoms with van der Waals surface area (Å²) in [6.07, 6.45) is 3.22. The van der Waals surface area contributed by atoms with Crippen molar-refractivity contribution < 1.29 is 4.79 Å². The monoisotopic (exact) mass is 355 g/mol. The molecule has 2 nitrogen and oxygen atoms in total. The van der Waals surface area contributed by atoms with Crippen molar-refractivity contribution in [1.82, 2.24) is 4.90 Å². The van der Waals surface area contributed by atoms with E-state index in [1.807, 2.05) is 53.5 Å². The van der Waals surface area contributed by atoms with Gasteiger partial charge in [-0.15, -0.1) is 0 Å². The van der Waals surface area contributed by atoms with Crippen LogP contribution in [0.1, 0.15) is 5.56 Å². The van der Waals surface area contributed by atoms with E-state index in [-0.39, 0.29) is 20.9 Å². The Morgan fingerprint density at radius 3 is 2.36 bits per heavy atom. The summed E-state index contributed by atoms with van der Waals surface area (Å²) in [6, 6.07) is 20.0. The predicted octanol–water partition coefficient (Wildman–Crippen LogP) is 2.86. The van der Waals surface area contributed by atoms with Gasteiger partial charge in [0.15, 0.2) is 0 Å². The molecule has 2 aromatic carbocycles. The third-order valence-electron chi connectivity index (χ3n) is 2.88. The number of carbonyl (C=O) groups is 1. The van der Waals surface area contributed by atoms with Crippen molar-refractivity contribution in [2.24, 2.45) is 0 Å². The van der Waals surface area contributed by atoms with Gasteiger partial charge in [-0.05, 0) is 0 Å². The van der Waals surface area contributed by atoms with Crippen LogP contribution in [0.3, 0.4) is 0 Å².